The first kappa shape index (κ1) is 25.2. The van der Waals surface area contributed by atoms with Crippen molar-refractivity contribution in [2.45, 2.75) is 37.5 Å². The van der Waals surface area contributed by atoms with E-state index in [1.165, 1.54) is 16.4 Å². The second-order valence-electron chi connectivity index (χ2n) is 6.24. The zero-order chi connectivity index (χ0) is 20.8. The van der Waals surface area contributed by atoms with E-state index in [2.05, 4.69) is 10.3 Å². The molecule has 0 fully saturated rings. The van der Waals surface area contributed by atoms with Crippen LogP contribution in [0.2, 0.25) is 0 Å². The van der Waals surface area contributed by atoms with Gasteiger partial charge in [0.15, 0.2) is 0 Å². The van der Waals surface area contributed by atoms with Crippen LogP contribution in [0.15, 0.2) is 6.20 Å². The largest absolute Gasteiger partial charge is 0.396 e. The molecule has 28 heavy (non-hydrogen) atoms. The molecule has 0 aliphatic rings. The second-order valence-corrected chi connectivity index (χ2v) is 7.17. The first-order valence-electron chi connectivity index (χ1n) is 8.93. The summed E-state index contributed by atoms with van der Waals surface area (Å²) in [6.07, 6.45) is -0.188. The molecule has 3 atom stereocenters. The predicted octanol–water partition coefficient (Wildman–Crippen LogP) is -1.82. The summed E-state index contributed by atoms with van der Waals surface area (Å²) in [7, 11) is 0. The molecule has 12 heteroatoms. The van der Waals surface area contributed by atoms with Gasteiger partial charge in [0.05, 0.1) is 50.7 Å². The number of ether oxygens (including phenoxy) is 3. The molecular formula is C16H31N3O8S. The standard InChI is InChI=1S/C16H31N3O8S/c1-12(4-20)16(24)3-19-2-13(17-18-19)9-28-11-27-15(7-23)8-25-10-26-14(5-21)6-22/h2,12,14-16,20-24H,3-11H2,1H3. The molecule has 164 valence electrons. The van der Waals surface area contributed by atoms with Crippen molar-refractivity contribution in [2.75, 3.05) is 45.8 Å². The van der Waals surface area contributed by atoms with E-state index >= 15 is 0 Å². The molecule has 1 aromatic rings. The molecule has 0 radical (unpaired) electrons. The van der Waals surface area contributed by atoms with Gasteiger partial charge in [-0.2, -0.15) is 0 Å². The van der Waals surface area contributed by atoms with E-state index in [-0.39, 0.29) is 52.3 Å². The zero-order valence-electron chi connectivity index (χ0n) is 16.0. The molecular weight excluding hydrogens is 394 g/mol. The van der Waals surface area contributed by atoms with E-state index in [9.17, 15) is 10.2 Å². The summed E-state index contributed by atoms with van der Waals surface area (Å²) in [5.74, 6) is 0.613. The average molecular weight is 426 g/mol. The quantitative estimate of drug-likeness (QED) is 0.141. The van der Waals surface area contributed by atoms with Gasteiger partial charge >= 0.3 is 0 Å². The molecule has 0 aliphatic carbocycles. The average Bonchev–Trinajstić information content (AvgIpc) is 3.15. The fourth-order valence-electron chi connectivity index (χ4n) is 1.92. The first-order chi connectivity index (χ1) is 13.5. The number of aliphatic hydroxyl groups excluding tert-OH is 5. The van der Waals surface area contributed by atoms with E-state index in [1.807, 2.05) is 0 Å². The molecule has 3 unspecified atom stereocenters. The van der Waals surface area contributed by atoms with Crippen molar-refractivity contribution < 1.29 is 39.7 Å². The topological polar surface area (TPSA) is 160 Å². The van der Waals surface area contributed by atoms with Crippen LogP contribution >= 0.6 is 11.8 Å². The van der Waals surface area contributed by atoms with E-state index in [0.29, 0.717) is 11.7 Å². The van der Waals surface area contributed by atoms with E-state index in [1.54, 1.807) is 13.1 Å². The third-order valence-electron chi connectivity index (χ3n) is 3.84. The van der Waals surface area contributed by atoms with Crippen LogP contribution in [-0.2, 0) is 26.5 Å². The van der Waals surface area contributed by atoms with Crippen LogP contribution in [0.3, 0.4) is 0 Å². The molecule has 1 aromatic heterocycles. The number of hydrogen-bond donors (Lipinski definition) is 5. The van der Waals surface area contributed by atoms with Crippen LogP contribution in [-0.4, -0.2) is 105 Å². The lowest BCUT2D eigenvalue weighted by Gasteiger charge is -2.17. The van der Waals surface area contributed by atoms with E-state index in [0.717, 1.165) is 5.69 Å². The fourth-order valence-corrected chi connectivity index (χ4v) is 2.63. The van der Waals surface area contributed by atoms with Gasteiger partial charge < -0.3 is 39.7 Å². The predicted molar refractivity (Wildman–Crippen MR) is 100 cm³/mol. The van der Waals surface area contributed by atoms with Crippen molar-refractivity contribution in [2.24, 2.45) is 5.92 Å². The highest BCUT2D eigenvalue weighted by molar-refractivity contribution is 7.98. The minimum atomic E-state index is -0.699. The number of thioether (sulfide) groups is 1. The van der Waals surface area contributed by atoms with Crippen molar-refractivity contribution in [1.82, 2.24) is 15.0 Å². The highest BCUT2D eigenvalue weighted by Crippen LogP contribution is 2.12. The molecule has 5 N–H and O–H groups in total. The van der Waals surface area contributed by atoms with Crippen molar-refractivity contribution in [3.8, 4) is 0 Å². The Morgan fingerprint density at radius 3 is 2.43 bits per heavy atom. The highest BCUT2D eigenvalue weighted by Gasteiger charge is 2.15. The van der Waals surface area contributed by atoms with Gasteiger partial charge in [-0.05, 0) is 0 Å². The number of rotatable bonds is 17. The molecule has 0 saturated heterocycles. The number of aromatic nitrogens is 3. The molecule has 1 heterocycles. The Morgan fingerprint density at radius 1 is 1.07 bits per heavy atom. The van der Waals surface area contributed by atoms with Crippen LogP contribution in [0.25, 0.3) is 0 Å². The maximum absolute atomic E-state index is 9.89. The van der Waals surface area contributed by atoms with Gasteiger partial charge in [0.25, 0.3) is 0 Å². The van der Waals surface area contributed by atoms with Crippen molar-refractivity contribution in [3.05, 3.63) is 11.9 Å². The summed E-state index contributed by atoms with van der Waals surface area (Å²) in [5, 5.41) is 53.9. The van der Waals surface area contributed by atoms with Crippen LogP contribution in [0.5, 0.6) is 0 Å². The SMILES string of the molecule is CC(CO)C(O)Cn1cc(CSCOC(CO)COCOC(CO)CO)nn1. The number of hydrogen-bond acceptors (Lipinski definition) is 11. The first-order valence-corrected chi connectivity index (χ1v) is 10.1. The molecule has 1 rings (SSSR count). The summed E-state index contributed by atoms with van der Waals surface area (Å²) < 4.78 is 17.3. The summed E-state index contributed by atoms with van der Waals surface area (Å²) in [6, 6.07) is 0. The molecule has 0 aliphatic heterocycles. The Bertz CT molecular complexity index is 506. The van der Waals surface area contributed by atoms with Crippen molar-refractivity contribution in [3.63, 3.8) is 0 Å². The molecule has 0 bridgehead atoms. The lowest BCUT2D eigenvalue weighted by molar-refractivity contribution is -0.135. The maximum atomic E-state index is 9.89. The van der Waals surface area contributed by atoms with Gasteiger partial charge in [0.1, 0.15) is 19.0 Å². The third-order valence-corrected chi connectivity index (χ3v) is 4.65. The van der Waals surface area contributed by atoms with Crippen molar-refractivity contribution in [1.29, 1.82) is 0 Å². The summed E-state index contributed by atoms with van der Waals surface area (Å²) >= 11 is 1.44. The van der Waals surface area contributed by atoms with E-state index < -0.39 is 18.3 Å². The van der Waals surface area contributed by atoms with Gasteiger partial charge in [-0.15, -0.1) is 16.9 Å². The maximum Gasteiger partial charge on any atom is 0.147 e. The van der Waals surface area contributed by atoms with Crippen LogP contribution in [0.1, 0.15) is 12.6 Å². The molecule has 11 nitrogen and oxygen atoms in total. The van der Waals surface area contributed by atoms with Gasteiger partial charge in [0, 0.05) is 24.5 Å². The molecule has 0 spiro atoms. The van der Waals surface area contributed by atoms with Gasteiger partial charge in [-0.3, -0.25) is 0 Å². The Morgan fingerprint density at radius 2 is 1.79 bits per heavy atom. The van der Waals surface area contributed by atoms with Crippen LogP contribution in [0, 0.1) is 5.92 Å². The third kappa shape index (κ3) is 10.1. The van der Waals surface area contributed by atoms with Gasteiger partial charge in [0.2, 0.25) is 0 Å². The van der Waals surface area contributed by atoms with Crippen LogP contribution in [0.4, 0.5) is 0 Å². The smallest absolute Gasteiger partial charge is 0.147 e. The Kier molecular flexibility index (Phi) is 13.6. The Labute approximate surface area is 168 Å². The molecule has 0 amide bonds. The van der Waals surface area contributed by atoms with Gasteiger partial charge in [-0.1, -0.05) is 12.1 Å². The normalized spacial score (nSPS) is 15.1. The summed E-state index contributed by atoms with van der Waals surface area (Å²) in [5.41, 5.74) is 0.724. The molecule has 0 aromatic carbocycles. The Hall–Kier alpha value is -0.830. The monoisotopic (exact) mass is 425 g/mol. The second kappa shape index (κ2) is 15.1. The summed E-state index contributed by atoms with van der Waals surface area (Å²) in [4.78, 5) is 0. The fraction of sp³-hybridized carbons (Fsp3) is 0.875. The zero-order valence-corrected chi connectivity index (χ0v) is 16.8. The molecule has 0 saturated carbocycles. The van der Waals surface area contributed by atoms with E-state index in [4.69, 9.17) is 29.5 Å². The van der Waals surface area contributed by atoms with Crippen molar-refractivity contribution >= 4 is 11.8 Å². The lowest BCUT2D eigenvalue weighted by atomic mass is 10.1. The van der Waals surface area contributed by atoms with Gasteiger partial charge in [-0.25, -0.2) is 4.68 Å². The number of nitrogens with zero attached hydrogens (tertiary/aromatic N) is 3. The Balaban J connectivity index is 2.19. The van der Waals surface area contributed by atoms with Crippen LogP contribution < -0.4 is 0 Å². The number of aliphatic hydroxyl groups is 5. The minimum Gasteiger partial charge on any atom is -0.396 e. The highest BCUT2D eigenvalue weighted by atomic mass is 32.2. The lowest BCUT2D eigenvalue weighted by Crippen LogP contribution is -2.27. The minimum absolute atomic E-state index is 0.0960. The summed E-state index contributed by atoms with van der Waals surface area (Å²) in [6.45, 7) is 1.07.